The minimum Gasteiger partial charge on any atom is -0.465 e. The molecule has 0 saturated heterocycles. The van der Waals surface area contributed by atoms with E-state index in [9.17, 15) is 9.59 Å². The van der Waals surface area contributed by atoms with Crippen molar-refractivity contribution in [3.63, 3.8) is 0 Å². The molecule has 0 aliphatic rings. The maximum Gasteiger partial charge on any atom is 0.339 e. The van der Waals surface area contributed by atoms with Gasteiger partial charge in [-0.1, -0.05) is 6.07 Å². The molecule has 0 atom stereocenters. The fourth-order valence-electron chi connectivity index (χ4n) is 1.82. The summed E-state index contributed by atoms with van der Waals surface area (Å²) in [6.45, 7) is 7.45. The molecule has 1 aromatic carbocycles. The molecular weight excluding hydrogens is 244 g/mol. The van der Waals surface area contributed by atoms with Crippen LogP contribution < -0.4 is 10.6 Å². The van der Waals surface area contributed by atoms with Crippen LogP contribution in [0.1, 0.15) is 35.3 Å². The number of esters is 1. The Kier molecular flexibility index (Phi) is 4.92. The lowest BCUT2D eigenvalue weighted by atomic mass is 10.0. The summed E-state index contributed by atoms with van der Waals surface area (Å²) in [7, 11) is 1.32. The van der Waals surface area contributed by atoms with E-state index in [1.807, 2.05) is 33.8 Å². The minimum absolute atomic E-state index is 0.0207. The molecule has 0 aliphatic heterocycles. The zero-order chi connectivity index (χ0) is 14.6. The Hall–Kier alpha value is -2.04. The van der Waals surface area contributed by atoms with E-state index in [0.29, 0.717) is 11.3 Å². The van der Waals surface area contributed by atoms with Crippen LogP contribution in [-0.2, 0) is 4.74 Å². The molecule has 0 unspecified atom stereocenters. The summed E-state index contributed by atoms with van der Waals surface area (Å²) in [5.74, 6) is -0.466. The quantitative estimate of drug-likeness (QED) is 0.825. The van der Waals surface area contributed by atoms with Crippen LogP contribution in [0, 0.1) is 13.8 Å². The van der Waals surface area contributed by atoms with E-state index in [4.69, 9.17) is 4.74 Å². The molecule has 0 saturated carbocycles. The number of amides is 2. The molecule has 5 nitrogen and oxygen atoms in total. The molecule has 0 bridgehead atoms. The lowest BCUT2D eigenvalue weighted by molar-refractivity contribution is 0.0601. The second-order valence-corrected chi connectivity index (χ2v) is 4.75. The summed E-state index contributed by atoms with van der Waals surface area (Å²) in [6.07, 6.45) is 0. The highest BCUT2D eigenvalue weighted by Gasteiger charge is 2.17. The Balaban J connectivity index is 3.11. The number of carbonyl (C=O) groups is 2. The summed E-state index contributed by atoms with van der Waals surface area (Å²) in [4.78, 5) is 23.5. The van der Waals surface area contributed by atoms with Gasteiger partial charge in [0.1, 0.15) is 0 Å². The zero-order valence-electron chi connectivity index (χ0n) is 12.0. The van der Waals surface area contributed by atoms with Crippen LogP contribution in [0.5, 0.6) is 0 Å². The van der Waals surface area contributed by atoms with E-state index in [0.717, 1.165) is 11.1 Å². The van der Waals surface area contributed by atoms with Crippen LogP contribution in [0.3, 0.4) is 0 Å². The van der Waals surface area contributed by atoms with Crippen LogP contribution >= 0.6 is 0 Å². The third kappa shape index (κ3) is 3.98. The summed E-state index contributed by atoms with van der Waals surface area (Å²) >= 11 is 0. The molecule has 0 heterocycles. The number of urea groups is 1. The predicted molar refractivity (Wildman–Crippen MR) is 74.5 cm³/mol. The van der Waals surface area contributed by atoms with Crippen molar-refractivity contribution < 1.29 is 14.3 Å². The highest BCUT2D eigenvalue weighted by molar-refractivity contribution is 6.02. The molecule has 0 radical (unpaired) electrons. The van der Waals surface area contributed by atoms with Crippen LogP contribution in [0.15, 0.2) is 12.1 Å². The summed E-state index contributed by atoms with van der Waals surface area (Å²) < 4.78 is 4.74. The number of carbonyl (C=O) groups excluding carboxylic acids is 2. The molecule has 0 fully saturated rings. The summed E-state index contributed by atoms with van der Waals surface area (Å²) in [5, 5.41) is 5.42. The second kappa shape index (κ2) is 6.22. The molecule has 2 amide bonds. The fraction of sp³-hybridized carbons (Fsp3) is 0.429. The number of hydrogen-bond donors (Lipinski definition) is 2. The second-order valence-electron chi connectivity index (χ2n) is 4.75. The number of hydrogen-bond acceptors (Lipinski definition) is 3. The lowest BCUT2D eigenvalue weighted by Gasteiger charge is -2.15. The summed E-state index contributed by atoms with van der Waals surface area (Å²) in [6, 6.07) is 3.28. The van der Waals surface area contributed by atoms with E-state index in [1.54, 1.807) is 6.07 Å². The SMILES string of the molecule is COC(=O)c1cc(C)cc(C)c1NC(=O)NC(C)C. The first kappa shape index (κ1) is 15.0. The van der Waals surface area contributed by atoms with Gasteiger partial charge in [0.15, 0.2) is 0 Å². The molecule has 1 rings (SSSR count). The highest BCUT2D eigenvalue weighted by Crippen LogP contribution is 2.23. The number of nitrogens with one attached hydrogen (secondary N) is 2. The molecular formula is C14H20N2O3. The van der Waals surface area contributed by atoms with Crippen molar-refractivity contribution in [3.8, 4) is 0 Å². The largest absolute Gasteiger partial charge is 0.465 e. The molecule has 0 spiro atoms. The van der Waals surface area contributed by atoms with Crippen LogP contribution in [0.2, 0.25) is 0 Å². The maximum atomic E-state index is 11.7. The van der Waals surface area contributed by atoms with Gasteiger partial charge in [0.05, 0.1) is 18.4 Å². The monoisotopic (exact) mass is 264 g/mol. The molecule has 104 valence electrons. The Morgan fingerprint density at radius 1 is 1.21 bits per heavy atom. The number of aryl methyl sites for hydroxylation is 2. The number of anilines is 1. The standard InChI is InChI=1S/C14H20N2O3/c1-8(2)15-14(18)16-12-10(4)6-9(3)7-11(12)13(17)19-5/h6-8H,1-5H3,(H2,15,16,18). The number of benzene rings is 1. The van der Waals surface area contributed by atoms with Crippen molar-refractivity contribution >= 4 is 17.7 Å². The molecule has 0 aliphatic carbocycles. The first-order valence-electron chi connectivity index (χ1n) is 6.12. The van der Waals surface area contributed by atoms with Gasteiger partial charge in [-0.3, -0.25) is 0 Å². The lowest BCUT2D eigenvalue weighted by Crippen LogP contribution is -2.34. The third-order valence-electron chi connectivity index (χ3n) is 2.54. The van der Waals surface area contributed by atoms with E-state index in [-0.39, 0.29) is 12.1 Å². The smallest absolute Gasteiger partial charge is 0.339 e. The van der Waals surface area contributed by atoms with Crippen molar-refractivity contribution in [1.29, 1.82) is 0 Å². The van der Waals surface area contributed by atoms with Gasteiger partial charge in [0.2, 0.25) is 0 Å². The van der Waals surface area contributed by atoms with Crippen molar-refractivity contribution in [2.75, 3.05) is 12.4 Å². The summed E-state index contributed by atoms with van der Waals surface area (Å²) in [5.41, 5.74) is 2.60. The fourth-order valence-corrected chi connectivity index (χ4v) is 1.82. The first-order valence-corrected chi connectivity index (χ1v) is 6.12. The molecule has 19 heavy (non-hydrogen) atoms. The topological polar surface area (TPSA) is 67.4 Å². The third-order valence-corrected chi connectivity index (χ3v) is 2.54. The van der Waals surface area contributed by atoms with Gasteiger partial charge in [-0.25, -0.2) is 9.59 Å². The average Bonchev–Trinajstić information content (AvgIpc) is 2.30. The average molecular weight is 264 g/mol. The van der Waals surface area contributed by atoms with Gasteiger partial charge < -0.3 is 15.4 Å². The van der Waals surface area contributed by atoms with Crippen molar-refractivity contribution in [2.45, 2.75) is 33.7 Å². The molecule has 5 heteroatoms. The highest BCUT2D eigenvalue weighted by atomic mass is 16.5. The molecule has 0 aromatic heterocycles. The predicted octanol–water partition coefficient (Wildman–Crippen LogP) is 2.62. The van der Waals surface area contributed by atoms with Crippen molar-refractivity contribution in [3.05, 3.63) is 28.8 Å². The van der Waals surface area contributed by atoms with E-state index in [1.165, 1.54) is 7.11 Å². The Morgan fingerprint density at radius 3 is 2.37 bits per heavy atom. The number of methoxy groups -OCH3 is 1. The van der Waals surface area contributed by atoms with Crippen LogP contribution in [0.4, 0.5) is 10.5 Å². The van der Waals surface area contributed by atoms with Gasteiger partial charge in [0, 0.05) is 6.04 Å². The number of ether oxygens (including phenoxy) is 1. The van der Waals surface area contributed by atoms with Gasteiger partial charge in [-0.05, 0) is 44.9 Å². The van der Waals surface area contributed by atoms with Crippen molar-refractivity contribution in [2.24, 2.45) is 0 Å². The van der Waals surface area contributed by atoms with E-state index >= 15 is 0 Å². The Bertz CT molecular complexity index is 496. The number of rotatable bonds is 3. The Morgan fingerprint density at radius 2 is 1.84 bits per heavy atom. The van der Waals surface area contributed by atoms with Gasteiger partial charge in [-0.2, -0.15) is 0 Å². The zero-order valence-corrected chi connectivity index (χ0v) is 12.0. The van der Waals surface area contributed by atoms with Crippen LogP contribution in [-0.4, -0.2) is 25.2 Å². The first-order chi connectivity index (χ1) is 8.85. The van der Waals surface area contributed by atoms with E-state index in [2.05, 4.69) is 10.6 Å². The van der Waals surface area contributed by atoms with Gasteiger partial charge in [0.25, 0.3) is 0 Å². The van der Waals surface area contributed by atoms with E-state index < -0.39 is 5.97 Å². The minimum atomic E-state index is -0.466. The van der Waals surface area contributed by atoms with Crippen molar-refractivity contribution in [1.82, 2.24) is 5.32 Å². The normalized spacial score (nSPS) is 10.2. The Labute approximate surface area is 113 Å². The van der Waals surface area contributed by atoms with Crippen LogP contribution in [0.25, 0.3) is 0 Å². The molecule has 2 N–H and O–H groups in total. The maximum absolute atomic E-state index is 11.7. The van der Waals surface area contributed by atoms with Gasteiger partial charge >= 0.3 is 12.0 Å². The molecule has 1 aromatic rings. The van der Waals surface area contributed by atoms with Gasteiger partial charge in [-0.15, -0.1) is 0 Å².